The van der Waals surface area contributed by atoms with E-state index in [0.29, 0.717) is 6.42 Å². The largest absolute Gasteiger partial charge is 0.352 e. The fraction of sp³-hybridized carbons (Fsp3) is 0.611. The zero-order valence-electron chi connectivity index (χ0n) is 13.7. The number of ketones is 1. The Morgan fingerprint density at radius 1 is 1.27 bits per heavy atom. The Labute approximate surface area is 146 Å². The standard InChI is InChI=1S/C18H25IO3/c1-13-8-9-14(10-15(13)19)16(20)6-4-5-7-17-21-11-18(2,3)12-22-17/h8-10,17H,4-7,11-12H2,1-3H3. The molecule has 0 unspecified atom stereocenters. The molecule has 2 rings (SSSR count). The minimum atomic E-state index is -0.0940. The first-order valence-electron chi connectivity index (χ1n) is 7.90. The SMILES string of the molecule is Cc1ccc(C(=O)CCCCC2OCC(C)(C)CO2)cc1I. The molecule has 22 heavy (non-hydrogen) atoms. The third-order valence-corrected chi connectivity index (χ3v) is 5.07. The monoisotopic (exact) mass is 416 g/mol. The molecule has 3 nitrogen and oxygen atoms in total. The first-order valence-corrected chi connectivity index (χ1v) is 8.98. The summed E-state index contributed by atoms with van der Waals surface area (Å²) in [6.07, 6.45) is 3.21. The van der Waals surface area contributed by atoms with E-state index < -0.39 is 0 Å². The number of ether oxygens (including phenoxy) is 2. The number of carbonyl (C=O) groups is 1. The highest BCUT2D eigenvalue weighted by Gasteiger charge is 2.27. The quantitative estimate of drug-likeness (QED) is 0.382. The van der Waals surface area contributed by atoms with Gasteiger partial charge in [-0.05, 0) is 60.4 Å². The number of hydrogen-bond donors (Lipinski definition) is 0. The summed E-state index contributed by atoms with van der Waals surface area (Å²) in [5.41, 5.74) is 2.16. The van der Waals surface area contributed by atoms with Gasteiger partial charge in [0.2, 0.25) is 0 Å². The molecule has 1 heterocycles. The maximum Gasteiger partial charge on any atom is 0.162 e. The van der Waals surface area contributed by atoms with Crippen molar-refractivity contribution in [2.75, 3.05) is 13.2 Å². The highest BCUT2D eigenvalue weighted by Crippen LogP contribution is 2.25. The molecule has 0 saturated carbocycles. The third-order valence-electron chi connectivity index (χ3n) is 3.91. The smallest absolute Gasteiger partial charge is 0.162 e. The van der Waals surface area contributed by atoms with Crippen LogP contribution in [0.3, 0.4) is 0 Å². The van der Waals surface area contributed by atoms with Crippen molar-refractivity contribution in [1.29, 1.82) is 0 Å². The van der Waals surface area contributed by atoms with Crippen molar-refractivity contribution in [2.45, 2.75) is 52.7 Å². The zero-order chi connectivity index (χ0) is 16.2. The fourth-order valence-electron chi connectivity index (χ4n) is 2.40. The predicted molar refractivity (Wildman–Crippen MR) is 96.2 cm³/mol. The molecule has 4 heteroatoms. The molecular weight excluding hydrogens is 391 g/mol. The molecule has 0 N–H and O–H groups in total. The van der Waals surface area contributed by atoms with Crippen molar-refractivity contribution in [3.8, 4) is 0 Å². The second-order valence-corrected chi connectivity index (χ2v) is 8.01. The number of carbonyl (C=O) groups excluding carboxylic acids is 1. The van der Waals surface area contributed by atoms with Gasteiger partial charge in [-0.15, -0.1) is 0 Å². The number of benzene rings is 1. The van der Waals surface area contributed by atoms with Crippen molar-refractivity contribution in [3.63, 3.8) is 0 Å². The lowest BCUT2D eigenvalue weighted by Crippen LogP contribution is -2.37. The van der Waals surface area contributed by atoms with Crippen LogP contribution in [0.4, 0.5) is 0 Å². The van der Waals surface area contributed by atoms with Crippen LogP contribution < -0.4 is 0 Å². The lowest BCUT2D eigenvalue weighted by atomic mass is 9.95. The van der Waals surface area contributed by atoms with E-state index in [1.54, 1.807) is 0 Å². The van der Waals surface area contributed by atoms with Crippen molar-refractivity contribution >= 4 is 28.4 Å². The first kappa shape index (κ1) is 17.9. The Kier molecular flexibility index (Phi) is 6.41. The Hall–Kier alpha value is -0.460. The molecule has 0 radical (unpaired) electrons. The van der Waals surface area contributed by atoms with Crippen LogP contribution in [0.1, 0.15) is 55.5 Å². The van der Waals surface area contributed by atoms with Crippen LogP contribution in [0.2, 0.25) is 0 Å². The summed E-state index contributed by atoms with van der Waals surface area (Å²) in [4.78, 5) is 12.2. The van der Waals surface area contributed by atoms with Crippen LogP contribution in [-0.2, 0) is 9.47 Å². The van der Waals surface area contributed by atoms with Gasteiger partial charge < -0.3 is 9.47 Å². The molecule has 0 aromatic heterocycles. The highest BCUT2D eigenvalue weighted by molar-refractivity contribution is 14.1. The van der Waals surface area contributed by atoms with Crippen LogP contribution >= 0.6 is 22.6 Å². The summed E-state index contributed by atoms with van der Waals surface area (Å²) in [5, 5.41) is 0. The molecule has 0 bridgehead atoms. The third kappa shape index (κ3) is 5.32. The van der Waals surface area contributed by atoms with Gasteiger partial charge in [0.05, 0.1) is 13.2 Å². The van der Waals surface area contributed by atoms with Crippen molar-refractivity contribution in [3.05, 3.63) is 32.9 Å². The topological polar surface area (TPSA) is 35.5 Å². The molecule has 0 spiro atoms. The molecule has 0 atom stereocenters. The molecule has 122 valence electrons. The second kappa shape index (κ2) is 7.88. The van der Waals surface area contributed by atoms with Gasteiger partial charge in [-0.25, -0.2) is 0 Å². The normalized spacial score (nSPS) is 18.4. The van der Waals surface area contributed by atoms with E-state index in [0.717, 1.165) is 41.6 Å². The van der Waals surface area contributed by atoms with Gasteiger partial charge in [0.1, 0.15) is 0 Å². The van der Waals surface area contributed by atoms with E-state index in [1.807, 2.05) is 18.2 Å². The van der Waals surface area contributed by atoms with Crippen LogP contribution in [-0.4, -0.2) is 25.3 Å². The van der Waals surface area contributed by atoms with Gasteiger partial charge in [-0.3, -0.25) is 4.79 Å². The Balaban J connectivity index is 1.68. The molecule has 1 aliphatic heterocycles. The van der Waals surface area contributed by atoms with Crippen LogP contribution in [0, 0.1) is 15.9 Å². The highest BCUT2D eigenvalue weighted by atomic mass is 127. The summed E-state index contributed by atoms with van der Waals surface area (Å²) < 4.78 is 12.6. The van der Waals surface area contributed by atoms with Crippen molar-refractivity contribution < 1.29 is 14.3 Å². The Morgan fingerprint density at radius 2 is 1.95 bits per heavy atom. The van der Waals surface area contributed by atoms with Gasteiger partial charge in [0, 0.05) is 21.0 Å². The van der Waals surface area contributed by atoms with E-state index in [2.05, 4.69) is 43.4 Å². The first-order chi connectivity index (χ1) is 10.4. The number of rotatable bonds is 6. The molecule has 1 aromatic carbocycles. The molecular formula is C18H25IO3. The summed E-state index contributed by atoms with van der Waals surface area (Å²) in [6.45, 7) is 7.84. The number of Topliss-reactive ketones (excluding diaryl/α,β-unsaturated/α-hetero) is 1. The van der Waals surface area contributed by atoms with Gasteiger partial charge in [0.15, 0.2) is 12.1 Å². The predicted octanol–water partition coefficient (Wildman–Crippen LogP) is 4.74. The van der Waals surface area contributed by atoms with E-state index >= 15 is 0 Å². The molecule has 0 aliphatic carbocycles. The molecule has 1 fully saturated rings. The van der Waals surface area contributed by atoms with E-state index in [9.17, 15) is 4.79 Å². The number of aryl methyl sites for hydroxylation is 1. The Morgan fingerprint density at radius 3 is 2.59 bits per heavy atom. The van der Waals surface area contributed by atoms with Gasteiger partial charge in [0.25, 0.3) is 0 Å². The number of unbranched alkanes of at least 4 members (excludes halogenated alkanes) is 1. The summed E-state index contributed by atoms with van der Waals surface area (Å²) in [5.74, 6) is 0.226. The van der Waals surface area contributed by atoms with E-state index in [1.165, 1.54) is 5.56 Å². The minimum absolute atomic E-state index is 0.0940. The van der Waals surface area contributed by atoms with Crippen molar-refractivity contribution in [1.82, 2.24) is 0 Å². The number of halogens is 1. The lowest BCUT2D eigenvalue weighted by Gasteiger charge is -2.34. The summed E-state index contributed by atoms with van der Waals surface area (Å²) >= 11 is 2.28. The zero-order valence-corrected chi connectivity index (χ0v) is 15.8. The fourth-order valence-corrected chi connectivity index (χ4v) is 2.92. The summed E-state index contributed by atoms with van der Waals surface area (Å²) in [7, 11) is 0. The Bertz CT molecular complexity index is 515. The van der Waals surface area contributed by atoms with Crippen molar-refractivity contribution in [2.24, 2.45) is 5.41 Å². The average Bonchev–Trinajstić information content (AvgIpc) is 2.47. The number of hydrogen-bond acceptors (Lipinski definition) is 3. The second-order valence-electron chi connectivity index (χ2n) is 6.85. The van der Waals surface area contributed by atoms with Gasteiger partial charge >= 0.3 is 0 Å². The molecule has 1 saturated heterocycles. The van der Waals surface area contributed by atoms with Gasteiger partial charge in [-0.2, -0.15) is 0 Å². The average molecular weight is 416 g/mol. The van der Waals surface area contributed by atoms with E-state index in [4.69, 9.17) is 9.47 Å². The minimum Gasteiger partial charge on any atom is -0.352 e. The molecule has 1 aromatic rings. The molecule has 1 aliphatic rings. The van der Waals surface area contributed by atoms with Crippen LogP contribution in [0.25, 0.3) is 0 Å². The maximum atomic E-state index is 12.2. The lowest BCUT2D eigenvalue weighted by molar-refractivity contribution is -0.224. The summed E-state index contributed by atoms with van der Waals surface area (Å²) in [6, 6.07) is 5.92. The van der Waals surface area contributed by atoms with Crippen LogP contribution in [0.15, 0.2) is 18.2 Å². The van der Waals surface area contributed by atoms with Gasteiger partial charge in [-0.1, -0.05) is 26.0 Å². The molecule has 0 amide bonds. The van der Waals surface area contributed by atoms with E-state index in [-0.39, 0.29) is 17.5 Å². The van der Waals surface area contributed by atoms with Crippen LogP contribution in [0.5, 0.6) is 0 Å². The maximum absolute atomic E-state index is 12.2.